The van der Waals surface area contributed by atoms with Crippen molar-refractivity contribution in [1.29, 1.82) is 0 Å². The molecular weight excluding hydrogens is 255 g/mol. The van der Waals surface area contributed by atoms with E-state index in [1.165, 1.54) is 24.3 Å². The fourth-order valence-corrected chi connectivity index (χ4v) is 1.56. The molecule has 19 heavy (non-hydrogen) atoms. The molecule has 1 heterocycles. The smallest absolute Gasteiger partial charge is 0.406 e. The molecule has 0 bridgehead atoms. The van der Waals surface area contributed by atoms with Gasteiger partial charge in [0.15, 0.2) is 0 Å². The first kappa shape index (κ1) is 13.1. The molecule has 2 rings (SSSR count). The third-order valence-electron chi connectivity index (χ3n) is 2.40. The van der Waals surface area contributed by atoms with Crippen LogP contribution in [0.1, 0.15) is 5.56 Å². The molecule has 0 amide bonds. The zero-order valence-electron chi connectivity index (χ0n) is 9.82. The molecule has 0 fully saturated rings. The maximum Gasteiger partial charge on any atom is 0.573 e. The molecule has 2 nitrogen and oxygen atoms in total. The number of hydrogen-bond acceptors (Lipinski definition) is 2. The summed E-state index contributed by atoms with van der Waals surface area (Å²) in [7, 11) is 0. The molecule has 0 saturated carbocycles. The Bertz CT molecular complexity index is 576. The van der Waals surface area contributed by atoms with Crippen molar-refractivity contribution >= 4 is 6.08 Å². The molecule has 5 heteroatoms. The molecular formula is C14H10F3NO. The maximum atomic E-state index is 12.0. The second kappa shape index (κ2) is 5.14. The van der Waals surface area contributed by atoms with Crippen LogP contribution in [0.25, 0.3) is 17.3 Å². The highest BCUT2D eigenvalue weighted by Crippen LogP contribution is 2.26. The van der Waals surface area contributed by atoms with Gasteiger partial charge in [0.25, 0.3) is 0 Å². The summed E-state index contributed by atoms with van der Waals surface area (Å²) in [6.45, 7) is 3.65. The van der Waals surface area contributed by atoms with E-state index < -0.39 is 6.36 Å². The number of pyridine rings is 1. The summed E-state index contributed by atoms with van der Waals surface area (Å²) in [5, 5.41) is 0. The van der Waals surface area contributed by atoms with E-state index in [1.807, 2.05) is 0 Å². The number of hydrogen-bond donors (Lipinski definition) is 0. The van der Waals surface area contributed by atoms with E-state index in [9.17, 15) is 13.2 Å². The summed E-state index contributed by atoms with van der Waals surface area (Å²) >= 11 is 0. The number of benzene rings is 1. The van der Waals surface area contributed by atoms with E-state index >= 15 is 0 Å². The Labute approximate surface area is 108 Å². The number of halogens is 3. The second-order valence-corrected chi connectivity index (χ2v) is 3.75. The minimum absolute atomic E-state index is 0.254. The van der Waals surface area contributed by atoms with Gasteiger partial charge >= 0.3 is 6.36 Å². The highest BCUT2D eigenvalue weighted by molar-refractivity contribution is 5.63. The largest absolute Gasteiger partial charge is 0.573 e. The van der Waals surface area contributed by atoms with E-state index in [4.69, 9.17) is 0 Å². The van der Waals surface area contributed by atoms with Crippen molar-refractivity contribution in [2.24, 2.45) is 0 Å². The van der Waals surface area contributed by atoms with Gasteiger partial charge in [-0.1, -0.05) is 12.7 Å². The highest BCUT2D eigenvalue weighted by Gasteiger charge is 2.30. The van der Waals surface area contributed by atoms with Crippen molar-refractivity contribution in [3.8, 4) is 17.0 Å². The summed E-state index contributed by atoms with van der Waals surface area (Å²) in [4.78, 5) is 4.15. The highest BCUT2D eigenvalue weighted by atomic mass is 19.4. The van der Waals surface area contributed by atoms with Crippen molar-refractivity contribution < 1.29 is 17.9 Å². The van der Waals surface area contributed by atoms with Gasteiger partial charge in [-0.2, -0.15) is 0 Å². The molecule has 0 spiro atoms. The predicted molar refractivity (Wildman–Crippen MR) is 66.4 cm³/mol. The zero-order chi connectivity index (χ0) is 13.9. The van der Waals surface area contributed by atoms with Gasteiger partial charge in [-0.05, 0) is 42.0 Å². The van der Waals surface area contributed by atoms with E-state index in [0.29, 0.717) is 11.3 Å². The second-order valence-electron chi connectivity index (χ2n) is 3.75. The molecule has 0 aliphatic rings. The van der Waals surface area contributed by atoms with E-state index in [0.717, 1.165) is 5.56 Å². The number of nitrogens with zero attached hydrogens (tertiary/aromatic N) is 1. The van der Waals surface area contributed by atoms with E-state index in [2.05, 4.69) is 16.3 Å². The average Bonchev–Trinajstić information content (AvgIpc) is 2.38. The molecule has 0 radical (unpaired) electrons. The van der Waals surface area contributed by atoms with Crippen molar-refractivity contribution in [2.45, 2.75) is 6.36 Å². The van der Waals surface area contributed by atoms with E-state index in [-0.39, 0.29) is 5.75 Å². The number of rotatable bonds is 3. The summed E-state index contributed by atoms with van der Waals surface area (Å²) in [6, 6.07) is 9.15. The van der Waals surface area contributed by atoms with Crippen LogP contribution in [0.15, 0.2) is 49.2 Å². The minimum Gasteiger partial charge on any atom is -0.406 e. The molecule has 0 N–H and O–H groups in total. The van der Waals surface area contributed by atoms with Crippen LogP contribution < -0.4 is 4.74 Å². The number of ether oxygens (including phenoxy) is 1. The zero-order valence-corrected chi connectivity index (χ0v) is 9.82. The lowest BCUT2D eigenvalue weighted by Crippen LogP contribution is -2.16. The van der Waals surface area contributed by atoms with Gasteiger partial charge in [0.05, 0.1) is 5.69 Å². The summed E-state index contributed by atoms with van der Waals surface area (Å²) in [6.07, 6.45) is -1.39. The molecule has 0 saturated heterocycles. The first-order valence-corrected chi connectivity index (χ1v) is 5.42. The molecule has 0 aliphatic carbocycles. The van der Waals surface area contributed by atoms with Crippen LogP contribution in [-0.2, 0) is 0 Å². The molecule has 1 aromatic heterocycles. The van der Waals surface area contributed by atoms with Gasteiger partial charge in [0.1, 0.15) is 5.75 Å². The number of aromatic nitrogens is 1. The summed E-state index contributed by atoms with van der Waals surface area (Å²) in [5.74, 6) is -0.254. The average molecular weight is 265 g/mol. The lowest BCUT2D eigenvalue weighted by Gasteiger charge is -2.09. The van der Waals surface area contributed by atoms with E-state index in [1.54, 1.807) is 24.4 Å². The summed E-state index contributed by atoms with van der Waals surface area (Å²) < 4.78 is 39.9. The molecule has 0 unspecified atom stereocenters. The van der Waals surface area contributed by atoms with Gasteiger partial charge in [0, 0.05) is 11.8 Å². The van der Waals surface area contributed by atoms with Gasteiger partial charge in [-0.15, -0.1) is 13.2 Å². The standard InChI is InChI=1S/C14H10F3NO/c1-2-10-7-8-18-13(9-10)11-3-5-12(6-4-11)19-14(15,16)17/h2-9H,1H2. The Morgan fingerprint density at radius 3 is 2.37 bits per heavy atom. The van der Waals surface area contributed by atoms with Crippen LogP contribution in [0, 0.1) is 0 Å². The Morgan fingerprint density at radius 1 is 1.11 bits per heavy atom. The fraction of sp³-hybridized carbons (Fsp3) is 0.0714. The topological polar surface area (TPSA) is 22.1 Å². The Kier molecular flexibility index (Phi) is 3.55. The first-order chi connectivity index (χ1) is 8.98. The quantitative estimate of drug-likeness (QED) is 0.825. The lowest BCUT2D eigenvalue weighted by molar-refractivity contribution is -0.274. The minimum atomic E-state index is -4.68. The van der Waals surface area contributed by atoms with Gasteiger partial charge in [-0.25, -0.2) is 0 Å². The van der Waals surface area contributed by atoms with Gasteiger partial charge < -0.3 is 4.74 Å². The monoisotopic (exact) mass is 265 g/mol. The van der Waals surface area contributed by atoms with Gasteiger partial charge in [0.2, 0.25) is 0 Å². The maximum absolute atomic E-state index is 12.0. The fourth-order valence-electron chi connectivity index (χ4n) is 1.56. The van der Waals surface area contributed by atoms with Crippen LogP contribution in [0.5, 0.6) is 5.75 Å². The van der Waals surface area contributed by atoms with Crippen LogP contribution in [0.2, 0.25) is 0 Å². The van der Waals surface area contributed by atoms with Crippen LogP contribution in [0.3, 0.4) is 0 Å². The normalized spacial score (nSPS) is 11.1. The van der Waals surface area contributed by atoms with Crippen LogP contribution in [0.4, 0.5) is 13.2 Å². The third kappa shape index (κ3) is 3.58. The van der Waals surface area contributed by atoms with Crippen molar-refractivity contribution in [3.63, 3.8) is 0 Å². The predicted octanol–water partition coefficient (Wildman–Crippen LogP) is 4.29. The van der Waals surface area contributed by atoms with Crippen LogP contribution in [-0.4, -0.2) is 11.3 Å². The Hall–Kier alpha value is -2.30. The lowest BCUT2D eigenvalue weighted by atomic mass is 10.1. The molecule has 0 aliphatic heterocycles. The van der Waals surface area contributed by atoms with Gasteiger partial charge in [-0.3, -0.25) is 4.98 Å². The van der Waals surface area contributed by atoms with Crippen LogP contribution >= 0.6 is 0 Å². The molecule has 98 valence electrons. The molecule has 2 aromatic rings. The van der Waals surface area contributed by atoms with Crippen molar-refractivity contribution in [2.75, 3.05) is 0 Å². The molecule has 1 aromatic carbocycles. The number of alkyl halides is 3. The SMILES string of the molecule is C=Cc1ccnc(-c2ccc(OC(F)(F)F)cc2)c1. The Morgan fingerprint density at radius 2 is 1.79 bits per heavy atom. The van der Waals surface area contributed by atoms with Crippen molar-refractivity contribution in [3.05, 3.63) is 54.7 Å². The third-order valence-corrected chi connectivity index (χ3v) is 2.40. The summed E-state index contributed by atoms with van der Waals surface area (Å²) in [5.41, 5.74) is 2.26. The first-order valence-electron chi connectivity index (χ1n) is 5.42. The molecule has 0 atom stereocenters. The van der Waals surface area contributed by atoms with Crippen molar-refractivity contribution in [1.82, 2.24) is 4.98 Å². The Balaban J connectivity index is 2.24.